The smallest absolute Gasteiger partial charge is 0.340 e. The molecule has 134 valence electrons. The van der Waals surface area contributed by atoms with Gasteiger partial charge in [0.2, 0.25) is 5.82 Å². The Morgan fingerprint density at radius 1 is 1.04 bits per heavy atom. The molecule has 0 saturated carbocycles. The van der Waals surface area contributed by atoms with Crippen LogP contribution in [0, 0.1) is 36.0 Å². The molecule has 0 aliphatic heterocycles. The quantitative estimate of drug-likeness (QED) is 0.266. The number of aryl methyl sites for hydroxylation is 1. The normalized spacial score (nSPS) is 10.5. The van der Waals surface area contributed by atoms with E-state index in [9.17, 15) is 26.7 Å². The second kappa shape index (κ2) is 7.31. The predicted octanol–water partition coefficient (Wildman–Crippen LogP) is 4.35. The molecule has 0 saturated heterocycles. The van der Waals surface area contributed by atoms with Crippen LogP contribution in [-0.4, -0.2) is 18.2 Å². The van der Waals surface area contributed by atoms with Gasteiger partial charge in [-0.25, -0.2) is 26.7 Å². The summed E-state index contributed by atoms with van der Waals surface area (Å²) in [6, 6.07) is 1.49. The van der Waals surface area contributed by atoms with Crippen molar-refractivity contribution < 1.29 is 31.5 Å². The molecule has 1 aromatic carbocycles. The van der Waals surface area contributed by atoms with Crippen molar-refractivity contribution in [2.24, 2.45) is 0 Å². The van der Waals surface area contributed by atoms with Crippen LogP contribution in [-0.2, 0) is 4.74 Å². The van der Waals surface area contributed by atoms with Crippen LogP contribution in [0.1, 0.15) is 15.2 Å². The van der Waals surface area contributed by atoms with Gasteiger partial charge in [0, 0.05) is 4.88 Å². The van der Waals surface area contributed by atoms with Gasteiger partial charge in [-0.2, -0.15) is 0 Å². The number of thiophene rings is 1. The van der Waals surface area contributed by atoms with E-state index in [0.29, 0.717) is 4.88 Å². The number of thiocarbonyl (C=S) groups is 1. The molecule has 0 aliphatic carbocycles. The highest BCUT2D eigenvalue weighted by molar-refractivity contribution is 7.80. The van der Waals surface area contributed by atoms with E-state index in [1.165, 1.54) is 6.07 Å². The number of anilines is 2. The van der Waals surface area contributed by atoms with Gasteiger partial charge in [0.25, 0.3) is 0 Å². The van der Waals surface area contributed by atoms with Crippen LogP contribution in [0.25, 0.3) is 0 Å². The van der Waals surface area contributed by atoms with E-state index >= 15 is 0 Å². The number of hydrogen-bond acceptors (Lipinski definition) is 4. The number of ether oxygens (including phenoxy) is 1. The number of carbonyl (C=O) groups is 1. The molecule has 11 heteroatoms. The lowest BCUT2D eigenvalue weighted by Crippen LogP contribution is -2.22. The molecule has 1 aromatic heterocycles. The van der Waals surface area contributed by atoms with Crippen LogP contribution in [0.15, 0.2) is 6.07 Å². The highest BCUT2D eigenvalue weighted by Gasteiger charge is 2.26. The monoisotopic (exact) mass is 396 g/mol. The van der Waals surface area contributed by atoms with Crippen molar-refractivity contribution in [1.29, 1.82) is 0 Å². The van der Waals surface area contributed by atoms with Crippen LogP contribution in [0.4, 0.5) is 32.6 Å². The van der Waals surface area contributed by atoms with Gasteiger partial charge in [0.15, 0.2) is 28.4 Å². The van der Waals surface area contributed by atoms with Crippen molar-refractivity contribution in [3.63, 3.8) is 0 Å². The van der Waals surface area contributed by atoms with Gasteiger partial charge in [-0.1, -0.05) is 0 Å². The van der Waals surface area contributed by atoms with Crippen LogP contribution in [0.3, 0.4) is 0 Å². The van der Waals surface area contributed by atoms with Gasteiger partial charge in [-0.15, -0.1) is 11.3 Å². The van der Waals surface area contributed by atoms with Crippen LogP contribution in [0.5, 0.6) is 0 Å². The van der Waals surface area contributed by atoms with Crippen molar-refractivity contribution in [1.82, 2.24) is 0 Å². The van der Waals surface area contributed by atoms with E-state index in [2.05, 4.69) is 10.1 Å². The largest absolute Gasteiger partial charge is 0.465 e. The summed E-state index contributed by atoms with van der Waals surface area (Å²) in [5.74, 6) is -11.3. The zero-order valence-corrected chi connectivity index (χ0v) is 14.2. The predicted molar refractivity (Wildman–Crippen MR) is 86.5 cm³/mol. The van der Waals surface area contributed by atoms with Gasteiger partial charge >= 0.3 is 5.97 Å². The Morgan fingerprint density at radius 2 is 1.56 bits per heavy atom. The lowest BCUT2D eigenvalue weighted by Gasteiger charge is -2.13. The Kier molecular flexibility index (Phi) is 5.58. The summed E-state index contributed by atoms with van der Waals surface area (Å²) in [5.41, 5.74) is -1.20. The molecule has 0 amide bonds. The minimum absolute atomic E-state index is 0.103. The van der Waals surface area contributed by atoms with Gasteiger partial charge in [0.1, 0.15) is 10.7 Å². The number of carbonyl (C=O) groups excluding carboxylic acids is 1. The fourth-order valence-electron chi connectivity index (χ4n) is 1.83. The number of nitrogens with one attached hydrogen (secondary N) is 2. The first-order valence-corrected chi connectivity index (χ1v) is 7.68. The molecule has 0 radical (unpaired) electrons. The summed E-state index contributed by atoms with van der Waals surface area (Å²) in [6.07, 6.45) is 0. The molecule has 0 aliphatic rings. The van der Waals surface area contributed by atoms with Crippen LogP contribution in [0.2, 0.25) is 0 Å². The first-order valence-electron chi connectivity index (χ1n) is 6.45. The molecular weight excluding hydrogens is 387 g/mol. The van der Waals surface area contributed by atoms with Crippen molar-refractivity contribution in [2.75, 3.05) is 17.7 Å². The number of esters is 1. The minimum atomic E-state index is -2.28. The number of rotatable bonds is 3. The van der Waals surface area contributed by atoms with Crippen molar-refractivity contribution in [3.8, 4) is 0 Å². The summed E-state index contributed by atoms with van der Waals surface area (Å²) in [7, 11) is 1.16. The summed E-state index contributed by atoms with van der Waals surface area (Å²) < 4.78 is 71.2. The Morgan fingerprint density at radius 3 is 2.08 bits per heavy atom. The average molecular weight is 396 g/mol. The van der Waals surface area contributed by atoms with E-state index in [-0.39, 0.29) is 10.6 Å². The molecule has 1 heterocycles. The third-order valence-electron chi connectivity index (χ3n) is 2.94. The molecule has 0 bridgehead atoms. The second-order valence-electron chi connectivity index (χ2n) is 4.62. The molecule has 0 fully saturated rings. The zero-order chi connectivity index (χ0) is 18.9. The van der Waals surface area contributed by atoms with E-state index < -0.39 is 45.9 Å². The topological polar surface area (TPSA) is 50.4 Å². The maximum absolute atomic E-state index is 13.6. The lowest BCUT2D eigenvalue weighted by molar-refractivity contribution is 0.0602. The van der Waals surface area contributed by atoms with Crippen molar-refractivity contribution >= 4 is 45.3 Å². The molecule has 0 atom stereocenters. The van der Waals surface area contributed by atoms with Gasteiger partial charge < -0.3 is 15.4 Å². The average Bonchev–Trinajstić information content (AvgIpc) is 2.94. The molecule has 2 N–H and O–H groups in total. The SMILES string of the molecule is COC(=O)c1cc(C)sc1NC(=S)Nc1c(F)c(F)c(F)c(F)c1F. The Balaban J connectivity index is 2.30. The molecule has 0 spiro atoms. The number of methoxy groups -OCH3 is 1. The molecule has 2 rings (SSSR count). The summed E-state index contributed by atoms with van der Waals surface area (Å²) in [4.78, 5) is 12.3. The molecule has 2 aromatic rings. The number of hydrogen-bond donors (Lipinski definition) is 2. The summed E-state index contributed by atoms with van der Waals surface area (Å²) in [5, 5.41) is 4.09. The standard InChI is InChI=1S/C14H9F5N2O2S2/c1-4-3-5(13(22)23-2)12(25-4)21-14(24)20-11-9(18)7(16)6(15)8(17)10(11)19/h3H,1-2H3,(H2,20,21,24). The first kappa shape index (κ1) is 19.1. The number of halogens is 5. The lowest BCUT2D eigenvalue weighted by atomic mass is 10.2. The number of benzene rings is 1. The second-order valence-corrected chi connectivity index (χ2v) is 6.28. The highest BCUT2D eigenvalue weighted by Crippen LogP contribution is 2.30. The maximum Gasteiger partial charge on any atom is 0.340 e. The minimum Gasteiger partial charge on any atom is -0.465 e. The Hall–Kier alpha value is -2.27. The van der Waals surface area contributed by atoms with E-state index in [1.54, 1.807) is 6.92 Å². The van der Waals surface area contributed by atoms with Crippen LogP contribution < -0.4 is 10.6 Å². The third-order valence-corrected chi connectivity index (χ3v) is 4.11. The highest BCUT2D eigenvalue weighted by atomic mass is 32.1. The zero-order valence-electron chi connectivity index (χ0n) is 12.6. The van der Waals surface area contributed by atoms with Crippen LogP contribution >= 0.6 is 23.6 Å². The fourth-order valence-corrected chi connectivity index (χ4v) is 3.00. The molecular formula is C14H9F5N2O2S2. The van der Waals surface area contributed by atoms with E-state index in [1.807, 2.05) is 5.32 Å². The van der Waals surface area contributed by atoms with Gasteiger partial charge in [-0.05, 0) is 25.2 Å². The Bertz CT molecular complexity index is 840. The van der Waals surface area contributed by atoms with Crippen molar-refractivity contribution in [3.05, 3.63) is 45.6 Å². The molecule has 4 nitrogen and oxygen atoms in total. The molecule has 0 unspecified atom stereocenters. The van der Waals surface area contributed by atoms with E-state index in [4.69, 9.17) is 12.2 Å². The van der Waals surface area contributed by atoms with Gasteiger partial charge in [0.05, 0.1) is 12.7 Å². The summed E-state index contributed by atoms with van der Waals surface area (Å²) in [6.45, 7) is 1.68. The Labute approximate surface area is 147 Å². The maximum atomic E-state index is 13.6. The third kappa shape index (κ3) is 3.71. The fraction of sp³-hybridized carbons (Fsp3) is 0.143. The summed E-state index contributed by atoms with van der Waals surface area (Å²) >= 11 is 5.89. The van der Waals surface area contributed by atoms with Gasteiger partial charge in [-0.3, -0.25) is 0 Å². The van der Waals surface area contributed by atoms with Crippen molar-refractivity contribution in [2.45, 2.75) is 6.92 Å². The van der Waals surface area contributed by atoms with E-state index in [0.717, 1.165) is 18.4 Å². The molecule has 25 heavy (non-hydrogen) atoms. The first-order chi connectivity index (χ1) is 11.7.